The molecule has 0 aliphatic heterocycles. The molecule has 0 bridgehead atoms. The topological polar surface area (TPSA) is 101 Å². The van der Waals surface area contributed by atoms with Crippen LogP contribution in [0, 0.1) is 16.0 Å². The van der Waals surface area contributed by atoms with Gasteiger partial charge in [0.15, 0.2) is 0 Å². The first-order valence-corrected chi connectivity index (χ1v) is 7.12. The highest BCUT2D eigenvalue weighted by atomic mass is 79.9. The number of carbonyl (C=O) groups excluding carboxylic acids is 2. The van der Waals surface area contributed by atoms with Crippen molar-refractivity contribution in [2.45, 2.75) is 13.8 Å². The summed E-state index contributed by atoms with van der Waals surface area (Å²) < 4.78 is 0.469. The highest BCUT2D eigenvalue weighted by molar-refractivity contribution is 9.10. The summed E-state index contributed by atoms with van der Waals surface area (Å²) in [5.74, 6) is -0.656. The van der Waals surface area contributed by atoms with Gasteiger partial charge in [-0.3, -0.25) is 19.7 Å². The lowest BCUT2D eigenvalue weighted by atomic mass is 10.2. The second kappa shape index (κ2) is 7.72. The van der Waals surface area contributed by atoms with Crippen LogP contribution in [0.4, 0.5) is 5.69 Å². The summed E-state index contributed by atoms with van der Waals surface area (Å²) in [5, 5.41) is 16.0. The third kappa shape index (κ3) is 5.14. The van der Waals surface area contributed by atoms with Crippen molar-refractivity contribution >= 4 is 33.4 Å². The molecule has 0 spiro atoms. The first kappa shape index (κ1) is 17.1. The monoisotopic (exact) mass is 357 g/mol. The van der Waals surface area contributed by atoms with Crippen molar-refractivity contribution in [3.05, 3.63) is 38.3 Å². The number of halogens is 1. The Morgan fingerprint density at radius 3 is 2.48 bits per heavy atom. The van der Waals surface area contributed by atoms with E-state index >= 15 is 0 Å². The molecular weight excluding hydrogens is 342 g/mol. The van der Waals surface area contributed by atoms with Crippen LogP contribution in [-0.2, 0) is 4.79 Å². The van der Waals surface area contributed by atoms with E-state index < -0.39 is 10.8 Å². The molecule has 0 saturated heterocycles. The number of carbonyl (C=O) groups is 2. The number of amides is 2. The fourth-order valence-corrected chi connectivity index (χ4v) is 1.89. The molecule has 7 nitrogen and oxygen atoms in total. The van der Waals surface area contributed by atoms with Crippen LogP contribution >= 0.6 is 15.9 Å². The first-order valence-electron chi connectivity index (χ1n) is 6.32. The summed E-state index contributed by atoms with van der Waals surface area (Å²) in [6, 6.07) is 3.96. The zero-order valence-electron chi connectivity index (χ0n) is 11.7. The van der Waals surface area contributed by atoms with Crippen LogP contribution in [0.1, 0.15) is 24.2 Å². The van der Waals surface area contributed by atoms with Gasteiger partial charge in [0.1, 0.15) is 0 Å². The predicted molar refractivity (Wildman–Crippen MR) is 81.0 cm³/mol. The van der Waals surface area contributed by atoms with Crippen molar-refractivity contribution in [3.8, 4) is 0 Å². The normalized spacial score (nSPS) is 10.3. The second-order valence-corrected chi connectivity index (χ2v) is 5.48. The fraction of sp³-hybridized carbons (Fsp3) is 0.385. The molecule has 0 radical (unpaired) electrons. The Balaban J connectivity index is 2.58. The molecule has 0 aliphatic carbocycles. The maximum atomic E-state index is 11.9. The van der Waals surface area contributed by atoms with E-state index in [1.807, 2.05) is 0 Å². The van der Waals surface area contributed by atoms with Gasteiger partial charge >= 0.3 is 0 Å². The maximum Gasteiger partial charge on any atom is 0.270 e. The molecule has 0 atom stereocenters. The quantitative estimate of drug-likeness (QED) is 0.460. The largest absolute Gasteiger partial charge is 0.354 e. The maximum absolute atomic E-state index is 11.9. The van der Waals surface area contributed by atoms with Gasteiger partial charge in [-0.15, -0.1) is 0 Å². The number of non-ortho nitro benzene ring substituents is 1. The third-order valence-electron chi connectivity index (χ3n) is 2.64. The number of nitro groups is 1. The Morgan fingerprint density at radius 2 is 1.90 bits per heavy atom. The van der Waals surface area contributed by atoms with Gasteiger partial charge < -0.3 is 10.6 Å². The van der Waals surface area contributed by atoms with Crippen LogP contribution in [0.5, 0.6) is 0 Å². The zero-order chi connectivity index (χ0) is 16.0. The Morgan fingerprint density at radius 1 is 1.29 bits per heavy atom. The van der Waals surface area contributed by atoms with E-state index in [4.69, 9.17) is 0 Å². The average Bonchev–Trinajstić information content (AvgIpc) is 2.43. The van der Waals surface area contributed by atoms with E-state index in [9.17, 15) is 19.7 Å². The average molecular weight is 358 g/mol. The first-order chi connectivity index (χ1) is 9.82. The summed E-state index contributed by atoms with van der Waals surface area (Å²) >= 11 is 3.18. The summed E-state index contributed by atoms with van der Waals surface area (Å²) in [6.45, 7) is 4.09. The molecule has 2 amide bonds. The number of benzene rings is 1. The molecule has 114 valence electrons. The van der Waals surface area contributed by atoms with Gasteiger partial charge in [0, 0.05) is 35.6 Å². The molecule has 0 saturated carbocycles. The predicted octanol–water partition coefficient (Wildman–Crippen LogP) is 1.86. The number of nitrogens with one attached hydrogen (secondary N) is 2. The number of rotatable bonds is 6. The van der Waals surface area contributed by atoms with Crippen LogP contribution in [0.3, 0.4) is 0 Å². The van der Waals surface area contributed by atoms with Crippen LogP contribution in [0.25, 0.3) is 0 Å². The summed E-state index contributed by atoms with van der Waals surface area (Å²) in [7, 11) is 0. The molecular formula is C13H16BrN3O4. The van der Waals surface area contributed by atoms with Crippen LogP contribution in [0.15, 0.2) is 22.7 Å². The molecule has 0 unspecified atom stereocenters. The summed E-state index contributed by atoms with van der Waals surface area (Å²) in [6.07, 6.45) is 0. The molecule has 0 aliphatic rings. The van der Waals surface area contributed by atoms with Gasteiger partial charge in [-0.1, -0.05) is 13.8 Å². The van der Waals surface area contributed by atoms with E-state index in [1.165, 1.54) is 18.2 Å². The zero-order valence-corrected chi connectivity index (χ0v) is 13.3. The van der Waals surface area contributed by atoms with E-state index in [0.717, 1.165) is 0 Å². The molecule has 1 rings (SSSR count). The SMILES string of the molecule is CC(C)C(=O)NCCNC(=O)c1cc([N+](=O)[O-])ccc1Br. The molecule has 0 aromatic heterocycles. The molecule has 2 N–H and O–H groups in total. The van der Waals surface area contributed by atoms with Gasteiger partial charge in [0.2, 0.25) is 5.91 Å². The van der Waals surface area contributed by atoms with Crippen molar-refractivity contribution < 1.29 is 14.5 Å². The third-order valence-corrected chi connectivity index (χ3v) is 3.33. The van der Waals surface area contributed by atoms with Crippen LogP contribution < -0.4 is 10.6 Å². The van der Waals surface area contributed by atoms with Crippen molar-refractivity contribution in [2.75, 3.05) is 13.1 Å². The molecule has 1 aromatic rings. The van der Waals surface area contributed by atoms with Crippen molar-refractivity contribution in [2.24, 2.45) is 5.92 Å². The Hall–Kier alpha value is -1.96. The second-order valence-electron chi connectivity index (χ2n) is 4.62. The van der Waals surface area contributed by atoms with E-state index in [0.29, 0.717) is 11.0 Å². The molecule has 8 heteroatoms. The lowest BCUT2D eigenvalue weighted by molar-refractivity contribution is -0.384. The van der Waals surface area contributed by atoms with Gasteiger partial charge in [-0.05, 0) is 22.0 Å². The Kier molecular flexibility index (Phi) is 6.29. The number of nitrogens with zero attached hydrogens (tertiary/aromatic N) is 1. The minimum Gasteiger partial charge on any atom is -0.354 e. The van der Waals surface area contributed by atoms with E-state index in [2.05, 4.69) is 26.6 Å². The van der Waals surface area contributed by atoms with Crippen LogP contribution in [0.2, 0.25) is 0 Å². The number of hydrogen-bond donors (Lipinski definition) is 2. The lowest BCUT2D eigenvalue weighted by Crippen LogP contribution is -2.36. The Labute approximate surface area is 130 Å². The molecule has 0 heterocycles. The van der Waals surface area contributed by atoms with Gasteiger partial charge in [0.05, 0.1) is 10.5 Å². The van der Waals surface area contributed by atoms with Crippen molar-refractivity contribution in [3.63, 3.8) is 0 Å². The Bertz CT molecular complexity index is 560. The van der Waals surface area contributed by atoms with Gasteiger partial charge in [-0.2, -0.15) is 0 Å². The summed E-state index contributed by atoms with van der Waals surface area (Å²) in [4.78, 5) is 33.4. The fourth-order valence-electron chi connectivity index (χ4n) is 1.46. The molecule has 1 aromatic carbocycles. The molecule has 0 fully saturated rings. The molecule has 21 heavy (non-hydrogen) atoms. The highest BCUT2D eigenvalue weighted by Crippen LogP contribution is 2.22. The standard InChI is InChI=1S/C13H16BrN3O4/c1-8(2)12(18)15-5-6-16-13(19)10-7-9(17(20)21)3-4-11(10)14/h3-4,7-8H,5-6H2,1-2H3,(H,15,18)(H,16,19). The van der Waals surface area contributed by atoms with Crippen molar-refractivity contribution in [1.82, 2.24) is 10.6 Å². The smallest absolute Gasteiger partial charge is 0.270 e. The van der Waals surface area contributed by atoms with E-state index in [1.54, 1.807) is 13.8 Å². The van der Waals surface area contributed by atoms with Gasteiger partial charge in [-0.25, -0.2) is 0 Å². The van der Waals surface area contributed by atoms with Gasteiger partial charge in [0.25, 0.3) is 11.6 Å². The minimum atomic E-state index is -0.563. The van der Waals surface area contributed by atoms with Crippen LogP contribution in [-0.4, -0.2) is 29.8 Å². The summed E-state index contributed by atoms with van der Waals surface area (Å²) in [5.41, 5.74) is 0.0239. The minimum absolute atomic E-state index is 0.0965. The number of hydrogen-bond acceptors (Lipinski definition) is 4. The lowest BCUT2D eigenvalue weighted by Gasteiger charge is -2.09. The highest BCUT2D eigenvalue weighted by Gasteiger charge is 2.15. The van der Waals surface area contributed by atoms with Crippen molar-refractivity contribution in [1.29, 1.82) is 0 Å². The number of nitro benzene ring substituents is 1. The van der Waals surface area contributed by atoms with E-state index in [-0.39, 0.29) is 29.6 Å².